The van der Waals surface area contributed by atoms with Crippen LogP contribution in [-0.4, -0.2) is 12.1 Å². The summed E-state index contributed by atoms with van der Waals surface area (Å²) in [5.74, 6) is 0. The second-order valence-corrected chi connectivity index (χ2v) is 4.55. The summed E-state index contributed by atoms with van der Waals surface area (Å²) in [6.07, 6.45) is 0. The minimum absolute atomic E-state index is 0.161. The smallest absolute Gasteiger partial charge is 0.0756 e. The van der Waals surface area contributed by atoms with E-state index in [-0.39, 0.29) is 5.54 Å². The summed E-state index contributed by atoms with van der Waals surface area (Å²) in [5, 5.41) is 0.785. The monoisotopic (exact) mass is 207 g/mol. The Bertz CT molecular complexity index is 368. The number of rotatable bonds is 2. The van der Waals surface area contributed by atoms with Crippen LogP contribution in [0.2, 0.25) is 5.02 Å². The summed E-state index contributed by atoms with van der Waals surface area (Å²) in [6, 6.07) is 7.95. The largest absolute Gasteiger partial charge is 0.358 e. The Hall–Kier alpha value is -0.950. The van der Waals surface area contributed by atoms with E-state index < -0.39 is 0 Å². The highest BCUT2D eigenvalue weighted by Crippen LogP contribution is 2.42. The fourth-order valence-corrected chi connectivity index (χ4v) is 1.76. The highest BCUT2D eigenvalue weighted by molar-refractivity contribution is 6.30. The van der Waals surface area contributed by atoms with Crippen LogP contribution in [-0.2, 0) is 0 Å². The van der Waals surface area contributed by atoms with Gasteiger partial charge in [0.25, 0.3) is 0 Å². The minimum Gasteiger partial charge on any atom is -0.358 e. The van der Waals surface area contributed by atoms with Gasteiger partial charge in [0.05, 0.1) is 5.54 Å². The maximum Gasteiger partial charge on any atom is 0.0756 e. The Morgan fingerprint density at radius 2 is 2.00 bits per heavy atom. The Kier molecular flexibility index (Phi) is 2.07. The average molecular weight is 208 g/mol. The van der Waals surface area contributed by atoms with Gasteiger partial charge in [-0.3, -0.25) is 0 Å². The lowest BCUT2D eigenvalue weighted by Crippen LogP contribution is -2.13. The van der Waals surface area contributed by atoms with Crippen molar-refractivity contribution in [3.05, 3.63) is 41.4 Å². The average Bonchev–Trinajstić information content (AvgIpc) is 2.81. The zero-order valence-corrected chi connectivity index (χ0v) is 9.30. The minimum atomic E-state index is 0.161. The maximum absolute atomic E-state index is 5.83. The predicted molar refractivity (Wildman–Crippen MR) is 62.0 cm³/mol. The zero-order valence-electron chi connectivity index (χ0n) is 8.55. The normalized spacial score (nSPS) is 24.9. The Balaban J connectivity index is 2.21. The quantitative estimate of drug-likeness (QED) is 0.530. The molecule has 1 atom stereocenters. The molecule has 1 fully saturated rings. The van der Waals surface area contributed by atoms with Crippen molar-refractivity contribution >= 4 is 17.3 Å². The van der Waals surface area contributed by atoms with Gasteiger partial charge in [-0.25, -0.2) is 0 Å². The van der Waals surface area contributed by atoms with Gasteiger partial charge < -0.3 is 4.90 Å². The molecule has 0 bridgehead atoms. The Labute approximate surface area is 90.0 Å². The molecule has 2 heteroatoms. The topological polar surface area (TPSA) is 3.01 Å². The van der Waals surface area contributed by atoms with E-state index in [1.165, 1.54) is 11.3 Å². The van der Waals surface area contributed by atoms with E-state index in [0.717, 1.165) is 11.6 Å². The molecule has 0 N–H and O–H groups in total. The van der Waals surface area contributed by atoms with Crippen LogP contribution in [0.4, 0.5) is 5.69 Å². The van der Waals surface area contributed by atoms with Crippen LogP contribution in [0, 0.1) is 0 Å². The van der Waals surface area contributed by atoms with Crippen LogP contribution >= 0.6 is 11.6 Å². The number of hydrogen-bond acceptors (Lipinski definition) is 1. The standard InChI is InChI=1S/C12H14ClN/c1-9(2)12(3)8-14(12)11-6-4-10(13)5-7-11/h4-7H,1,8H2,2-3H3. The second kappa shape index (κ2) is 3.03. The van der Waals surface area contributed by atoms with Crippen molar-refractivity contribution in [1.29, 1.82) is 0 Å². The van der Waals surface area contributed by atoms with Crippen molar-refractivity contribution in [1.82, 2.24) is 0 Å². The molecule has 1 heterocycles. The van der Waals surface area contributed by atoms with E-state index in [0.29, 0.717) is 0 Å². The van der Waals surface area contributed by atoms with E-state index in [1.807, 2.05) is 12.1 Å². The Morgan fingerprint density at radius 3 is 2.43 bits per heavy atom. The molecule has 0 saturated carbocycles. The van der Waals surface area contributed by atoms with Crippen LogP contribution in [0.5, 0.6) is 0 Å². The van der Waals surface area contributed by atoms with Gasteiger partial charge in [0.2, 0.25) is 0 Å². The second-order valence-electron chi connectivity index (χ2n) is 4.12. The van der Waals surface area contributed by atoms with E-state index >= 15 is 0 Å². The van der Waals surface area contributed by atoms with Gasteiger partial charge >= 0.3 is 0 Å². The highest BCUT2D eigenvalue weighted by Gasteiger charge is 2.48. The first-order chi connectivity index (χ1) is 6.54. The maximum atomic E-state index is 5.83. The molecule has 0 spiro atoms. The number of halogens is 1. The first-order valence-corrected chi connectivity index (χ1v) is 5.11. The summed E-state index contributed by atoms with van der Waals surface area (Å²) < 4.78 is 0. The van der Waals surface area contributed by atoms with E-state index in [9.17, 15) is 0 Å². The van der Waals surface area contributed by atoms with E-state index in [2.05, 4.69) is 37.5 Å². The summed E-state index contributed by atoms with van der Waals surface area (Å²) in [4.78, 5) is 2.33. The molecule has 1 aliphatic rings. The van der Waals surface area contributed by atoms with Gasteiger partial charge in [-0.2, -0.15) is 0 Å². The SMILES string of the molecule is C=C(C)C1(C)CN1c1ccc(Cl)cc1. The fourth-order valence-electron chi connectivity index (χ4n) is 1.64. The zero-order chi connectivity index (χ0) is 10.3. The third kappa shape index (κ3) is 1.42. The lowest BCUT2D eigenvalue weighted by atomic mass is 10.1. The molecule has 2 rings (SSSR count). The van der Waals surface area contributed by atoms with Crippen LogP contribution in [0.25, 0.3) is 0 Å². The molecule has 1 saturated heterocycles. The van der Waals surface area contributed by atoms with Gasteiger partial charge in [-0.15, -0.1) is 0 Å². The first kappa shape index (κ1) is 9.60. The van der Waals surface area contributed by atoms with Crippen molar-refractivity contribution < 1.29 is 0 Å². The molecule has 1 unspecified atom stereocenters. The van der Waals surface area contributed by atoms with Gasteiger partial charge in [0.15, 0.2) is 0 Å². The van der Waals surface area contributed by atoms with Crippen molar-refractivity contribution in [3.63, 3.8) is 0 Å². The summed E-state index contributed by atoms with van der Waals surface area (Å²) in [5.41, 5.74) is 2.60. The molecule has 74 valence electrons. The first-order valence-electron chi connectivity index (χ1n) is 4.73. The van der Waals surface area contributed by atoms with Crippen molar-refractivity contribution in [2.45, 2.75) is 19.4 Å². The summed E-state index contributed by atoms with van der Waals surface area (Å²) >= 11 is 5.83. The van der Waals surface area contributed by atoms with Gasteiger partial charge in [0.1, 0.15) is 0 Å². The van der Waals surface area contributed by atoms with E-state index in [4.69, 9.17) is 11.6 Å². The number of anilines is 1. The Morgan fingerprint density at radius 1 is 1.43 bits per heavy atom. The lowest BCUT2D eigenvalue weighted by Gasteiger charge is -2.13. The molecule has 1 aliphatic heterocycles. The van der Waals surface area contributed by atoms with Crippen LogP contribution in [0.3, 0.4) is 0 Å². The van der Waals surface area contributed by atoms with Crippen LogP contribution < -0.4 is 4.90 Å². The molecule has 0 amide bonds. The van der Waals surface area contributed by atoms with Gasteiger partial charge in [-0.1, -0.05) is 23.8 Å². The fraction of sp³-hybridized carbons (Fsp3) is 0.333. The van der Waals surface area contributed by atoms with Gasteiger partial charge in [0, 0.05) is 17.3 Å². The molecule has 0 aromatic heterocycles. The van der Waals surface area contributed by atoms with Crippen LogP contribution in [0.15, 0.2) is 36.4 Å². The molecule has 1 aromatic carbocycles. The van der Waals surface area contributed by atoms with E-state index in [1.54, 1.807) is 0 Å². The van der Waals surface area contributed by atoms with Crippen molar-refractivity contribution in [3.8, 4) is 0 Å². The van der Waals surface area contributed by atoms with Crippen molar-refractivity contribution in [2.24, 2.45) is 0 Å². The molecular weight excluding hydrogens is 194 g/mol. The molecule has 1 nitrogen and oxygen atoms in total. The third-order valence-corrected chi connectivity index (χ3v) is 3.27. The molecule has 1 aromatic rings. The summed E-state index contributed by atoms with van der Waals surface area (Å²) in [6.45, 7) is 9.37. The summed E-state index contributed by atoms with van der Waals surface area (Å²) in [7, 11) is 0. The van der Waals surface area contributed by atoms with Gasteiger partial charge in [-0.05, 0) is 38.1 Å². The van der Waals surface area contributed by atoms with Crippen LogP contribution in [0.1, 0.15) is 13.8 Å². The molecule has 0 radical (unpaired) electrons. The highest BCUT2D eigenvalue weighted by atomic mass is 35.5. The lowest BCUT2D eigenvalue weighted by molar-refractivity contribution is 0.853. The molecule has 0 aliphatic carbocycles. The van der Waals surface area contributed by atoms with Crippen molar-refractivity contribution in [2.75, 3.05) is 11.4 Å². The number of hydrogen-bond donors (Lipinski definition) is 0. The molecule has 14 heavy (non-hydrogen) atoms. The molecular formula is C12H14ClN. The third-order valence-electron chi connectivity index (χ3n) is 3.02. The predicted octanol–water partition coefficient (Wildman–Crippen LogP) is 3.49. The number of benzene rings is 1. The number of nitrogens with zero attached hydrogens (tertiary/aromatic N) is 1.